The van der Waals surface area contributed by atoms with Crippen LogP contribution in [0.25, 0.3) is 0 Å². The normalized spacial score (nSPS) is 23.6. The van der Waals surface area contributed by atoms with Gasteiger partial charge in [0, 0.05) is 18.8 Å². The minimum absolute atomic E-state index is 0.0215. The zero-order chi connectivity index (χ0) is 12.3. The molecule has 0 aromatic heterocycles. The predicted octanol–water partition coefficient (Wildman–Crippen LogP) is 1.31. The van der Waals surface area contributed by atoms with Crippen LogP contribution < -0.4 is 11.1 Å². The number of hydrogen-bond acceptors (Lipinski definition) is 3. The summed E-state index contributed by atoms with van der Waals surface area (Å²) in [6.07, 6.45) is 0.670. The quantitative estimate of drug-likeness (QED) is 0.775. The first-order valence-corrected chi connectivity index (χ1v) is 5.90. The molecule has 1 aliphatic rings. The summed E-state index contributed by atoms with van der Waals surface area (Å²) in [4.78, 5) is 11.8. The number of ether oxygens (including phenoxy) is 1. The van der Waals surface area contributed by atoms with Gasteiger partial charge in [-0.3, -0.25) is 4.79 Å². The fraction of sp³-hybridized carbons (Fsp3) is 0.462. The summed E-state index contributed by atoms with van der Waals surface area (Å²) in [5.41, 5.74) is 7.36. The molecule has 4 nitrogen and oxygen atoms in total. The Morgan fingerprint density at radius 1 is 1.47 bits per heavy atom. The Labute approximate surface area is 101 Å². The van der Waals surface area contributed by atoms with Crippen molar-refractivity contribution in [2.45, 2.75) is 26.0 Å². The Kier molecular flexibility index (Phi) is 3.64. The molecule has 1 aromatic carbocycles. The molecule has 17 heavy (non-hydrogen) atoms. The van der Waals surface area contributed by atoms with E-state index in [-0.39, 0.29) is 12.0 Å². The fourth-order valence-corrected chi connectivity index (χ4v) is 1.96. The summed E-state index contributed by atoms with van der Waals surface area (Å²) < 4.78 is 5.40. The van der Waals surface area contributed by atoms with Gasteiger partial charge in [-0.25, -0.2) is 0 Å². The van der Waals surface area contributed by atoms with Crippen LogP contribution in [-0.4, -0.2) is 18.6 Å². The fourth-order valence-electron chi connectivity index (χ4n) is 1.96. The predicted molar refractivity (Wildman–Crippen MR) is 66.2 cm³/mol. The van der Waals surface area contributed by atoms with Crippen molar-refractivity contribution in [3.63, 3.8) is 0 Å². The van der Waals surface area contributed by atoms with Crippen molar-refractivity contribution in [3.8, 4) is 0 Å². The first-order chi connectivity index (χ1) is 8.16. The zero-order valence-electron chi connectivity index (χ0n) is 9.98. The number of hydrogen-bond donors (Lipinski definition) is 2. The maximum atomic E-state index is 11.8. The van der Waals surface area contributed by atoms with Gasteiger partial charge < -0.3 is 15.8 Å². The smallest absolute Gasteiger partial charge is 0.249 e. The van der Waals surface area contributed by atoms with Gasteiger partial charge in [0.1, 0.15) is 6.10 Å². The van der Waals surface area contributed by atoms with Crippen molar-refractivity contribution in [1.29, 1.82) is 0 Å². The first kappa shape index (κ1) is 11.9. The van der Waals surface area contributed by atoms with E-state index >= 15 is 0 Å². The maximum Gasteiger partial charge on any atom is 0.249 e. The van der Waals surface area contributed by atoms with E-state index in [4.69, 9.17) is 10.5 Å². The van der Waals surface area contributed by atoms with Crippen molar-refractivity contribution < 1.29 is 9.53 Å². The molecule has 1 aliphatic heterocycles. The first-order valence-electron chi connectivity index (χ1n) is 5.90. The Balaban J connectivity index is 1.85. The third-order valence-corrected chi connectivity index (χ3v) is 3.09. The standard InChI is InChI=1S/C13H18N2O2/c1-9-6-7-17-12(9)13(16)15-8-10-2-4-11(14)5-3-10/h2-5,9,12H,6-8,14H2,1H3,(H,15,16). The van der Waals surface area contributed by atoms with E-state index in [9.17, 15) is 4.79 Å². The SMILES string of the molecule is CC1CCOC1C(=O)NCc1ccc(N)cc1. The molecule has 1 heterocycles. The van der Waals surface area contributed by atoms with E-state index < -0.39 is 0 Å². The van der Waals surface area contributed by atoms with Crippen molar-refractivity contribution in [1.82, 2.24) is 5.32 Å². The summed E-state index contributed by atoms with van der Waals surface area (Å²) in [5.74, 6) is 0.285. The molecule has 2 rings (SSSR count). The molecule has 0 bridgehead atoms. The average Bonchev–Trinajstić information content (AvgIpc) is 2.74. The number of benzene rings is 1. The summed E-state index contributed by atoms with van der Waals surface area (Å²) >= 11 is 0. The lowest BCUT2D eigenvalue weighted by Crippen LogP contribution is -2.36. The Hall–Kier alpha value is -1.55. The number of nitrogens with one attached hydrogen (secondary N) is 1. The zero-order valence-corrected chi connectivity index (χ0v) is 9.98. The Bertz CT molecular complexity index is 389. The molecule has 2 atom stereocenters. The van der Waals surface area contributed by atoms with Gasteiger partial charge in [0.15, 0.2) is 0 Å². The monoisotopic (exact) mass is 234 g/mol. The number of rotatable bonds is 3. The maximum absolute atomic E-state index is 11.8. The van der Waals surface area contributed by atoms with E-state index in [0.29, 0.717) is 19.1 Å². The van der Waals surface area contributed by atoms with E-state index in [0.717, 1.165) is 17.7 Å². The lowest BCUT2D eigenvalue weighted by Gasteiger charge is -2.14. The van der Waals surface area contributed by atoms with Crippen molar-refractivity contribution in [3.05, 3.63) is 29.8 Å². The molecular weight excluding hydrogens is 216 g/mol. The molecule has 4 heteroatoms. The second-order valence-electron chi connectivity index (χ2n) is 4.52. The van der Waals surface area contributed by atoms with Crippen LogP contribution in [0.1, 0.15) is 18.9 Å². The molecular formula is C13H18N2O2. The van der Waals surface area contributed by atoms with E-state index in [1.165, 1.54) is 0 Å². The van der Waals surface area contributed by atoms with Crippen LogP contribution in [-0.2, 0) is 16.1 Å². The van der Waals surface area contributed by atoms with Crippen LogP contribution in [0.5, 0.6) is 0 Å². The van der Waals surface area contributed by atoms with Crippen LogP contribution in [0.2, 0.25) is 0 Å². The van der Waals surface area contributed by atoms with E-state index in [1.807, 2.05) is 31.2 Å². The van der Waals surface area contributed by atoms with Gasteiger partial charge >= 0.3 is 0 Å². The second kappa shape index (κ2) is 5.19. The highest BCUT2D eigenvalue weighted by atomic mass is 16.5. The van der Waals surface area contributed by atoms with Gasteiger partial charge in [0.25, 0.3) is 0 Å². The van der Waals surface area contributed by atoms with E-state index in [1.54, 1.807) is 0 Å². The number of carbonyl (C=O) groups excluding carboxylic acids is 1. The third kappa shape index (κ3) is 2.97. The topological polar surface area (TPSA) is 64.3 Å². The van der Waals surface area contributed by atoms with Crippen LogP contribution in [0.15, 0.2) is 24.3 Å². The molecule has 92 valence electrons. The average molecular weight is 234 g/mol. The molecule has 0 saturated carbocycles. The summed E-state index contributed by atoms with van der Waals surface area (Å²) in [6.45, 7) is 3.24. The molecule has 1 fully saturated rings. The molecule has 1 amide bonds. The van der Waals surface area contributed by atoms with Gasteiger partial charge in [-0.15, -0.1) is 0 Å². The lowest BCUT2D eigenvalue weighted by molar-refractivity contribution is -0.131. The van der Waals surface area contributed by atoms with Gasteiger partial charge in [0.05, 0.1) is 0 Å². The largest absolute Gasteiger partial charge is 0.399 e. The third-order valence-electron chi connectivity index (χ3n) is 3.09. The highest BCUT2D eigenvalue weighted by Crippen LogP contribution is 2.20. The molecule has 0 aliphatic carbocycles. The molecule has 0 radical (unpaired) electrons. The molecule has 1 aromatic rings. The van der Waals surface area contributed by atoms with Crippen LogP contribution in [0.4, 0.5) is 5.69 Å². The van der Waals surface area contributed by atoms with Gasteiger partial charge in [-0.2, -0.15) is 0 Å². The molecule has 2 unspecified atom stereocenters. The van der Waals surface area contributed by atoms with Crippen molar-refractivity contribution in [2.75, 3.05) is 12.3 Å². The number of amides is 1. The minimum Gasteiger partial charge on any atom is -0.399 e. The van der Waals surface area contributed by atoms with E-state index in [2.05, 4.69) is 5.32 Å². The number of nitrogens with two attached hydrogens (primary N) is 1. The highest BCUT2D eigenvalue weighted by Gasteiger charge is 2.30. The van der Waals surface area contributed by atoms with Crippen LogP contribution in [0.3, 0.4) is 0 Å². The molecule has 0 spiro atoms. The van der Waals surface area contributed by atoms with Crippen LogP contribution in [0, 0.1) is 5.92 Å². The van der Waals surface area contributed by atoms with Gasteiger partial charge in [0.2, 0.25) is 5.91 Å². The Morgan fingerprint density at radius 2 is 2.18 bits per heavy atom. The summed E-state index contributed by atoms with van der Waals surface area (Å²) in [5, 5.41) is 2.89. The molecule has 1 saturated heterocycles. The lowest BCUT2D eigenvalue weighted by atomic mass is 10.0. The number of carbonyl (C=O) groups is 1. The number of nitrogen functional groups attached to an aromatic ring is 1. The summed E-state index contributed by atoms with van der Waals surface area (Å²) in [7, 11) is 0. The van der Waals surface area contributed by atoms with Gasteiger partial charge in [-0.1, -0.05) is 19.1 Å². The summed E-state index contributed by atoms with van der Waals surface area (Å²) in [6, 6.07) is 7.48. The second-order valence-corrected chi connectivity index (χ2v) is 4.52. The Morgan fingerprint density at radius 3 is 2.76 bits per heavy atom. The van der Waals surface area contributed by atoms with Crippen molar-refractivity contribution >= 4 is 11.6 Å². The highest BCUT2D eigenvalue weighted by molar-refractivity contribution is 5.81. The minimum atomic E-state index is -0.288. The van der Waals surface area contributed by atoms with Gasteiger partial charge in [-0.05, 0) is 30.0 Å². The van der Waals surface area contributed by atoms with Crippen molar-refractivity contribution in [2.24, 2.45) is 5.92 Å². The van der Waals surface area contributed by atoms with Crippen LogP contribution >= 0.6 is 0 Å². The molecule has 3 N–H and O–H groups in total. The number of anilines is 1.